The molecule has 1 saturated heterocycles. The first-order chi connectivity index (χ1) is 13.5. The fraction of sp³-hybridized carbons (Fsp3) is 0.400. The van der Waals surface area contributed by atoms with Crippen molar-refractivity contribution >= 4 is 29.1 Å². The van der Waals surface area contributed by atoms with Crippen LogP contribution < -0.4 is 15.1 Å². The van der Waals surface area contributed by atoms with Gasteiger partial charge in [0, 0.05) is 17.8 Å². The van der Waals surface area contributed by atoms with Crippen molar-refractivity contribution in [1.82, 2.24) is 10.2 Å². The molecule has 7 nitrogen and oxygen atoms in total. The van der Waals surface area contributed by atoms with Crippen LogP contribution in [0, 0.1) is 0 Å². The van der Waals surface area contributed by atoms with Gasteiger partial charge in [-0.3, -0.25) is 9.59 Å². The Morgan fingerprint density at radius 2 is 2.04 bits per heavy atom. The average molecular weight is 406 g/mol. The molecule has 150 valence electrons. The lowest BCUT2D eigenvalue weighted by atomic mass is 10.2. The summed E-state index contributed by atoms with van der Waals surface area (Å²) >= 11 is 6.07. The van der Waals surface area contributed by atoms with Crippen LogP contribution in [0.3, 0.4) is 0 Å². The molecule has 2 heterocycles. The average Bonchev–Trinajstić information content (AvgIpc) is 3.20. The molecule has 2 aromatic rings. The van der Waals surface area contributed by atoms with Crippen LogP contribution in [0.1, 0.15) is 5.76 Å². The molecule has 0 aliphatic carbocycles. The van der Waals surface area contributed by atoms with Crippen molar-refractivity contribution in [1.29, 1.82) is 0 Å². The third kappa shape index (κ3) is 5.74. The zero-order valence-electron chi connectivity index (χ0n) is 16.0. The Kier molecular flexibility index (Phi) is 6.95. The van der Waals surface area contributed by atoms with Crippen molar-refractivity contribution in [3.63, 3.8) is 0 Å². The number of furan rings is 1. The summed E-state index contributed by atoms with van der Waals surface area (Å²) in [5, 5.41) is 3.48. The number of rotatable bonds is 7. The fourth-order valence-corrected chi connectivity index (χ4v) is 3.42. The largest absolute Gasteiger partial charge is 0.467 e. The smallest absolute Gasteiger partial charge is 0.277 e. The van der Waals surface area contributed by atoms with Gasteiger partial charge in [-0.25, -0.2) is 0 Å². The van der Waals surface area contributed by atoms with E-state index in [1.54, 1.807) is 25.4 Å². The monoisotopic (exact) mass is 405 g/mol. The number of quaternary nitrogens is 1. The van der Waals surface area contributed by atoms with Gasteiger partial charge in [0.2, 0.25) is 5.91 Å². The van der Waals surface area contributed by atoms with Gasteiger partial charge in [0.1, 0.15) is 5.76 Å². The van der Waals surface area contributed by atoms with Crippen LogP contribution in [0.5, 0.6) is 0 Å². The van der Waals surface area contributed by atoms with E-state index >= 15 is 0 Å². The molecule has 2 N–H and O–H groups in total. The zero-order valence-corrected chi connectivity index (χ0v) is 16.7. The number of benzene rings is 1. The number of likely N-dealkylation sites (N-methyl/N-ethyl adjacent to an activating group) is 1. The number of carbonyl (C=O) groups excluding carboxylic acids is 2. The molecule has 2 amide bonds. The lowest BCUT2D eigenvalue weighted by molar-refractivity contribution is -0.892. The molecule has 1 aromatic carbocycles. The molecular weight excluding hydrogens is 380 g/mol. The number of carbonyl (C=O) groups is 2. The Morgan fingerprint density at radius 3 is 2.71 bits per heavy atom. The van der Waals surface area contributed by atoms with E-state index in [1.165, 1.54) is 9.80 Å². The Bertz CT molecular complexity index is 789. The van der Waals surface area contributed by atoms with E-state index < -0.39 is 0 Å². The molecule has 1 aliphatic rings. The normalized spacial score (nSPS) is 14.7. The van der Waals surface area contributed by atoms with Crippen molar-refractivity contribution in [3.8, 4) is 0 Å². The molecule has 0 atom stereocenters. The van der Waals surface area contributed by atoms with Gasteiger partial charge in [0.05, 0.1) is 45.5 Å². The number of halogens is 1. The maximum Gasteiger partial charge on any atom is 0.277 e. The second-order valence-corrected chi connectivity index (χ2v) is 7.44. The molecule has 1 fully saturated rings. The molecule has 0 radical (unpaired) electrons. The molecule has 3 rings (SSSR count). The first-order valence-corrected chi connectivity index (χ1v) is 9.76. The second kappa shape index (κ2) is 9.61. The van der Waals surface area contributed by atoms with Crippen LogP contribution in [-0.4, -0.2) is 63.0 Å². The second-order valence-electron chi connectivity index (χ2n) is 7.00. The summed E-state index contributed by atoms with van der Waals surface area (Å²) in [6, 6.07) is 11.4. The zero-order chi connectivity index (χ0) is 19.9. The van der Waals surface area contributed by atoms with Crippen molar-refractivity contribution in [2.75, 3.05) is 51.2 Å². The van der Waals surface area contributed by atoms with Crippen molar-refractivity contribution in [2.24, 2.45) is 0 Å². The Labute approximate surface area is 169 Å². The van der Waals surface area contributed by atoms with Crippen LogP contribution in [-0.2, 0) is 16.1 Å². The summed E-state index contributed by atoms with van der Waals surface area (Å²) in [7, 11) is 1.66. The van der Waals surface area contributed by atoms with Gasteiger partial charge in [-0.1, -0.05) is 17.7 Å². The van der Waals surface area contributed by atoms with Crippen molar-refractivity contribution < 1.29 is 18.9 Å². The minimum atomic E-state index is -0.201. The summed E-state index contributed by atoms with van der Waals surface area (Å²) in [6.45, 7) is 4.25. The first-order valence-electron chi connectivity index (χ1n) is 9.38. The van der Waals surface area contributed by atoms with Crippen LogP contribution in [0.4, 0.5) is 5.69 Å². The predicted molar refractivity (Wildman–Crippen MR) is 107 cm³/mol. The number of amides is 2. The molecule has 0 unspecified atom stereocenters. The highest BCUT2D eigenvalue weighted by Crippen LogP contribution is 2.19. The summed E-state index contributed by atoms with van der Waals surface area (Å²) in [4.78, 5) is 29.4. The topological polar surface area (TPSA) is 70.2 Å². The van der Waals surface area contributed by atoms with Gasteiger partial charge in [-0.15, -0.1) is 0 Å². The van der Waals surface area contributed by atoms with Crippen LogP contribution >= 0.6 is 11.6 Å². The maximum absolute atomic E-state index is 12.5. The quantitative estimate of drug-likeness (QED) is 0.700. The van der Waals surface area contributed by atoms with Gasteiger partial charge in [-0.2, -0.15) is 0 Å². The maximum atomic E-state index is 12.5. The Morgan fingerprint density at radius 1 is 1.25 bits per heavy atom. The third-order valence-corrected chi connectivity index (χ3v) is 5.13. The summed E-state index contributed by atoms with van der Waals surface area (Å²) < 4.78 is 5.17. The van der Waals surface area contributed by atoms with E-state index in [9.17, 15) is 9.59 Å². The molecular formula is C20H26ClN4O3+. The lowest BCUT2D eigenvalue weighted by Gasteiger charge is -2.34. The van der Waals surface area contributed by atoms with Crippen LogP contribution in [0.2, 0.25) is 5.02 Å². The molecule has 0 bridgehead atoms. The standard InChI is InChI=1S/C20H25ClN4O3/c1-23(14-19(26)22-13-18-6-3-11-28-18)20(27)15-24-7-9-25(10-8-24)17-5-2-4-16(21)12-17/h2-6,11-12H,7-10,13-15H2,1H3,(H,22,26)/p+1. The Balaban J connectivity index is 1.39. The molecule has 8 heteroatoms. The van der Waals surface area contributed by atoms with Gasteiger partial charge in [0.25, 0.3) is 5.91 Å². The summed E-state index contributed by atoms with van der Waals surface area (Å²) in [6.07, 6.45) is 1.56. The van der Waals surface area contributed by atoms with E-state index in [1.807, 2.05) is 18.2 Å². The fourth-order valence-electron chi connectivity index (χ4n) is 3.24. The molecule has 0 spiro atoms. The van der Waals surface area contributed by atoms with Crippen molar-refractivity contribution in [2.45, 2.75) is 6.54 Å². The van der Waals surface area contributed by atoms with Gasteiger partial charge >= 0.3 is 0 Å². The number of anilines is 1. The number of hydrogen-bond acceptors (Lipinski definition) is 4. The van der Waals surface area contributed by atoms with Gasteiger partial charge in [0.15, 0.2) is 6.54 Å². The van der Waals surface area contributed by atoms with Crippen LogP contribution in [0.25, 0.3) is 0 Å². The number of nitrogens with one attached hydrogen (secondary N) is 2. The van der Waals surface area contributed by atoms with Gasteiger partial charge in [-0.05, 0) is 30.3 Å². The summed E-state index contributed by atoms with van der Waals surface area (Å²) in [5.74, 6) is 0.455. The minimum absolute atomic E-state index is 0.0284. The predicted octanol–water partition coefficient (Wildman–Crippen LogP) is 0.413. The highest BCUT2D eigenvalue weighted by Gasteiger charge is 2.24. The molecule has 28 heavy (non-hydrogen) atoms. The SMILES string of the molecule is CN(CC(=O)NCc1ccco1)C(=O)C[NH+]1CCN(c2cccc(Cl)c2)CC1. The van der Waals surface area contributed by atoms with E-state index in [0.717, 1.165) is 36.9 Å². The highest BCUT2D eigenvalue weighted by molar-refractivity contribution is 6.30. The number of nitrogens with zero attached hydrogens (tertiary/aromatic N) is 2. The molecule has 1 aromatic heterocycles. The number of hydrogen-bond donors (Lipinski definition) is 2. The minimum Gasteiger partial charge on any atom is -0.467 e. The lowest BCUT2D eigenvalue weighted by Crippen LogP contribution is -3.15. The Hall–Kier alpha value is -2.51. The van der Waals surface area contributed by atoms with E-state index in [0.29, 0.717) is 18.8 Å². The molecule has 0 saturated carbocycles. The highest BCUT2D eigenvalue weighted by atomic mass is 35.5. The molecule has 1 aliphatic heterocycles. The van der Waals surface area contributed by atoms with Crippen molar-refractivity contribution in [3.05, 3.63) is 53.4 Å². The van der Waals surface area contributed by atoms with Crippen LogP contribution in [0.15, 0.2) is 47.1 Å². The van der Waals surface area contributed by atoms with E-state index in [4.69, 9.17) is 16.0 Å². The summed E-state index contributed by atoms with van der Waals surface area (Å²) in [5.41, 5.74) is 1.11. The van der Waals surface area contributed by atoms with E-state index in [-0.39, 0.29) is 18.4 Å². The first kappa shape index (κ1) is 20.2. The van der Waals surface area contributed by atoms with Gasteiger partial charge < -0.3 is 24.4 Å². The van der Waals surface area contributed by atoms with E-state index in [2.05, 4.69) is 16.3 Å². The third-order valence-electron chi connectivity index (χ3n) is 4.89. The number of piperazine rings is 1.